The predicted molar refractivity (Wildman–Crippen MR) is 94.3 cm³/mol. The van der Waals surface area contributed by atoms with Gasteiger partial charge in [0.1, 0.15) is 6.54 Å². The molecule has 0 saturated heterocycles. The predicted octanol–water partition coefficient (Wildman–Crippen LogP) is 1.14. The highest BCUT2D eigenvalue weighted by Crippen LogP contribution is 1.95. The van der Waals surface area contributed by atoms with Gasteiger partial charge in [-0.25, -0.2) is 4.99 Å². The fourth-order valence-electron chi connectivity index (χ4n) is 2.11. The molecule has 22 heavy (non-hydrogen) atoms. The number of likely N-dealkylation sites (N-methyl/N-ethyl adjacent to an activating group) is 1. The molecular weight excluding hydrogens is 278 g/mol. The molecular formula is C16H35N5O. The number of nitrogens with one attached hydrogen (secondary N) is 2. The van der Waals surface area contributed by atoms with E-state index in [9.17, 15) is 4.79 Å². The lowest BCUT2D eigenvalue weighted by Crippen LogP contribution is -2.39. The number of nitrogens with zero attached hydrogens (tertiary/aromatic N) is 3. The van der Waals surface area contributed by atoms with E-state index in [4.69, 9.17) is 0 Å². The molecule has 0 aromatic heterocycles. The van der Waals surface area contributed by atoms with Crippen molar-refractivity contribution in [3.05, 3.63) is 0 Å². The average molecular weight is 313 g/mol. The Kier molecular flexibility index (Phi) is 12.6. The van der Waals surface area contributed by atoms with Crippen LogP contribution in [0, 0.1) is 0 Å². The zero-order chi connectivity index (χ0) is 16.8. The fraction of sp³-hybridized carbons (Fsp3) is 0.875. The molecule has 0 aromatic rings. The molecule has 6 heteroatoms. The number of carbonyl (C=O) groups excluding carboxylic acids is 1. The zero-order valence-electron chi connectivity index (χ0n) is 15.1. The molecule has 0 radical (unpaired) electrons. The molecule has 0 atom stereocenters. The molecule has 0 aliphatic carbocycles. The van der Waals surface area contributed by atoms with Crippen LogP contribution in [-0.2, 0) is 4.79 Å². The molecule has 6 nitrogen and oxygen atoms in total. The second-order valence-corrected chi connectivity index (χ2v) is 5.61. The van der Waals surface area contributed by atoms with Crippen molar-refractivity contribution in [3.63, 3.8) is 0 Å². The van der Waals surface area contributed by atoms with E-state index in [1.165, 1.54) is 25.9 Å². The SMILES string of the molecule is CCCN(CCC)CCCNC(=NCC(=O)N(C)C)NCC. The summed E-state index contributed by atoms with van der Waals surface area (Å²) in [5.74, 6) is 0.726. The summed E-state index contributed by atoms with van der Waals surface area (Å²) in [4.78, 5) is 19.9. The summed E-state index contributed by atoms with van der Waals surface area (Å²) < 4.78 is 0. The van der Waals surface area contributed by atoms with Crippen molar-refractivity contribution >= 4 is 11.9 Å². The molecule has 1 amide bonds. The minimum atomic E-state index is 0.00858. The summed E-state index contributed by atoms with van der Waals surface area (Å²) in [6.07, 6.45) is 3.47. The lowest BCUT2D eigenvalue weighted by Gasteiger charge is -2.21. The van der Waals surface area contributed by atoms with Gasteiger partial charge in [-0.15, -0.1) is 0 Å². The van der Waals surface area contributed by atoms with Crippen LogP contribution in [0.25, 0.3) is 0 Å². The van der Waals surface area contributed by atoms with E-state index >= 15 is 0 Å². The highest BCUT2D eigenvalue weighted by molar-refractivity contribution is 5.84. The van der Waals surface area contributed by atoms with Gasteiger partial charge in [-0.1, -0.05) is 13.8 Å². The Morgan fingerprint density at radius 1 is 1.00 bits per heavy atom. The van der Waals surface area contributed by atoms with Crippen molar-refractivity contribution in [3.8, 4) is 0 Å². The van der Waals surface area contributed by atoms with E-state index in [0.29, 0.717) is 0 Å². The van der Waals surface area contributed by atoms with Crippen LogP contribution in [0.2, 0.25) is 0 Å². The summed E-state index contributed by atoms with van der Waals surface area (Å²) in [5, 5.41) is 6.47. The van der Waals surface area contributed by atoms with E-state index in [2.05, 4.69) is 34.4 Å². The number of carbonyl (C=O) groups is 1. The minimum Gasteiger partial charge on any atom is -0.357 e. The van der Waals surface area contributed by atoms with Crippen LogP contribution in [0.4, 0.5) is 0 Å². The maximum Gasteiger partial charge on any atom is 0.243 e. The lowest BCUT2D eigenvalue weighted by molar-refractivity contribution is -0.127. The Hall–Kier alpha value is -1.30. The van der Waals surface area contributed by atoms with Gasteiger partial charge in [-0.3, -0.25) is 4.79 Å². The monoisotopic (exact) mass is 313 g/mol. The van der Waals surface area contributed by atoms with E-state index in [1.807, 2.05) is 6.92 Å². The number of guanidine groups is 1. The molecule has 0 saturated carbocycles. The van der Waals surface area contributed by atoms with Crippen LogP contribution in [0.15, 0.2) is 4.99 Å². The largest absolute Gasteiger partial charge is 0.357 e. The van der Waals surface area contributed by atoms with Crippen molar-refractivity contribution in [1.29, 1.82) is 0 Å². The molecule has 0 aliphatic rings. The Bertz CT molecular complexity index is 312. The first-order valence-electron chi connectivity index (χ1n) is 8.49. The van der Waals surface area contributed by atoms with Crippen molar-refractivity contribution < 1.29 is 4.79 Å². The summed E-state index contributed by atoms with van der Waals surface area (Å²) in [5.41, 5.74) is 0. The van der Waals surface area contributed by atoms with Gasteiger partial charge in [-0.05, 0) is 45.8 Å². The standard InChI is InChI=1S/C16H35N5O/c1-6-11-21(12-7-2)13-9-10-18-16(17-8-3)19-14-15(22)20(4)5/h6-14H2,1-5H3,(H2,17,18,19). The second kappa shape index (κ2) is 13.4. The number of hydrogen-bond acceptors (Lipinski definition) is 3. The summed E-state index contributed by atoms with van der Waals surface area (Å²) in [6, 6.07) is 0. The maximum absolute atomic E-state index is 11.6. The third-order valence-electron chi connectivity index (χ3n) is 3.24. The van der Waals surface area contributed by atoms with Crippen molar-refractivity contribution in [2.24, 2.45) is 4.99 Å². The summed E-state index contributed by atoms with van der Waals surface area (Å²) in [6.45, 7) is 11.7. The normalized spacial score (nSPS) is 11.6. The molecule has 0 bridgehead atoms. The number of hydrogen-bond donors (Lipinski definition) is 2. The fourth-order valence-corrected chi connectivity index (χ4v) is 2.11. The molecule has 0 unspecified atom stereocenters. The van der Waals surface area contributed by atoms with E-state index in [0.717, 1.165) is 32.0 Å². The number of rotatable bonds is 11. The maximum atomic E-state index is 11.6. The first kappa shape index (κ1) is 20.7. The van der Waals surface area contributed by atoms with E-state index in [1.54, 1.807) is 19.0 Å². The van der Waals surface area contributed by atoms with Gasteiger partial charge >= 0.3 is 0 Å². The smallest absolute Gasteiger partial charge is 0.243 e. The van der Waals surface area contributed by atoms with Crippen LogP contribution in [0.3, 0.4) is 0 Å². The zero-order valence-corrected chi connectivity index (χ0v) is 15.1. The molecule has 0 aromatic carbocycles. The van der Waals surface area contributed by atoms with Crippen LogP contribution in [0.5, 0.6) is 0 Å². The highest BCUT2D eigenvalue weighted by atomic mass is 16.2. The molecule has 0 heterocycles. The van der Waals surface area contributed by atoms with Crippen LogP contribution in [-0.4, -0.2) is 75.0 Å². The topological polar surface area (TPSA) is 60.0 Å². The molecule has 0 aliphatic heterocycles. The van der Waals surface area contributed by atoms with Crippen LogP contribution >= 0.6 is 0 Å². The van der Waals surface area contributed by atoms with Gasteiger partial charge in [0.25, 0.3) is 0 Å². The average Bonchev–Trinajstić information content (AvgIpc) is 2.48. The Balaban J connectivity index is 4.13. The molecule has 0 fully saturated rings. The highest BCUT2D eigenvalue weighted by Gasteiger charge is 2.05. The van der Waals surface area contributed by atoms with Gasteiger partial charge in [0.2, 0.25) is 5.91 Å². The van der Waals surface area contributed by atoms with Gasteiger partial charge in [-0.2, -0.15) is 0 Å². The molecule has 0 rings (SSSR count). The van der Waals surface area contributed by atoms with E-state index in [-0.39, 0.29) is 12.5 Å². The number of aliphatic imine (C=N–C) groups is 1. The van der Waals surface area contributed by atoms with E-state index < -0.39 is 0 Å². The van der Waals surface area contributed by atoms with Gasteiger partial charge in [0.05, 0.1) is 0 Å². The van der Waals surface area contributed by atoms with Gasteiger partial charge in [0.15, 0.2) is 5.96 Å². The molecule has 0 spiro atoms. The van der Waals surface area contributed by atoms with Crippen LogP contribution < -0.4 is 10.6 Å². The number of amides is 1. The first-order valence-corrected chi connectivity index (χ1v) is 8.49. The minimum absolute atomic E-state index is 0.00858. The van der Waals surface area contributed by atoms with Crippen molar-refractivity contribution in [1.82, 2.24) is 20.4 Å². The lowest BCUT2D eigenvalue weighted by atomic mass is 10.3. The Morgan fingerprint density at radius 2 is 1.64 bits per heavy atom. The van der Waals surface area contributed by atoms with Crippen molar-refractivity contribution in [2.45, 2.75) is 40.0 Å². The molecule has 2 N–H and O–H groups in total. The van der Waals surface area contributed by atoms with Gasteiger partial charge < -0.3 is 20.4 Å². The van der Waals surface area contributed by atoms with Crippen molar-refractivity contribution in [2.75, 3.05) is 53.4 Å². The third kappa shape index (κ3) is 10.4. The van der Waals surface area contributed by atoms with Crippen LogP contribution in [0.1, 0.15) is 40.0 Å². The summed E-state index contributed by atoms with van der Waals surface area (Å²) in [7, 11) is 3.49. The second-order valence-electron chi connectivity index (χ2n) is 5.61. The quantitative estimate of drug-likeness (QED) is 0.341. The Morgan fingerprint density at radius 3 is 2.14 bits per heavy atom. The van der Waals surface area contributed by atoms with Gasteiger partial charge in [0, 0.05) is 27.2 Å². The third-order valence-corrected chi connectivity index (χ3v) is 3.24. The summed E-state index contributed by atoms with van der Waals surface area (Å²) >= 11 is 0. The Labute approximate surface area is 136 Å². The first-order chi connectivity index (χ1) is 10.5. The molecule has 130 valence electrons.